The van der Waals surface area contributed by atoms with Crippen LogP contribution in [0.25, 0.3) is 0 Å². The monoisotopic (exact) mass is 218 g/mol. The highest BCUT2D eigenvalue weighted by atomic mass is 16.2. The highest BCUT2D eigenvalue weighted by Gasteiger charge is 2.24. The molecule has 1 aromatic carbocycles. The van der Waals surface area contributed by atoms with Crippen LogP contribution >= 0.6 is 0 Å². The standard InChI is InChI=1S/C13H18N2O/c1-10(13(16)14-2)15-9-5-7-11-6-3-4-8-12(11)15/h3-4,6,8,10H,5,7,9H2,1-2H3,(H,14,16)/t10-/m0/s1. The van der Waals surface area contributed by atoms with Crippen molar-refractivity contribution in [3.8, 4) is 0 Å². The largest absolute Gasteiger partial charge is 0.360 e. The van der Waals surface area contributed by atoms with Crippen LogP contribution in [0.1, 0.15) is 18.9 Å². The van der Waals surface area contributed by atoms with E-state index in [1.165, 1.54) is 11.3 Å². The van der Waals surface area contributed by atoms with Crippen molar-refractivity contribution >= 4 is 11.6 Å². The number of nitrogens with one attached hydrogen (secondary N) is 1. The Morgan fingerprint density at radius 1 is 1.44 bits per heavy atom. The van der Waals surface area contributed by atoms with E-state index in [1.807, 2.05) is 13.0 Å². The van der Waals surface area contributed by atoms with Crippen molar-refractivity contribution in [1.82, 2.24) is 5.32 Å². The zero-order valence-electron chi connectivity index (χ0n) is 9.86. The lowest BCUT2D eigenvalue weighted by Gasteiger charge is -2.35. The van der Waals surface area contributed by atoms with Crippen molar-refractivity contribution in [2.45, 2.75) is 25.8 Å². The first kappa shape index (κ1) is 11.0. The van der Waals surface area contributed by atoms with Crippen LogP contribution in [0.2, 0.25) is 0 Å². The smallest absolute Gasteiger partial charge is 0.242 e. The summed E-state index contributed by atoms with van der Waals surface area (Å²) in [5.41, 5.74) is 2.56. The van der Waals surface area contributed by atoms with Crippen LogP contribution in [0.4, 0.5) is 5.69 Å². The van der Waals surface area contributed by atoms with E-state index in [1.54, 1.807) is 7.05 Å². The molecule has 1 amide bonds. The van der Waals surface area contributed by atoms with E-state index in [-0.39, 0.29) is 11.9 Å². The molecule has 1 aliphatic rings. The highest BCUT2D eigenvalue weighted by Crippen LogP contribution is 2.28. The molecule has 0 spiro atoms. The van der Waals surface area contributed by atoms with Gasteiger partial charge in [-0.25, -0.2) is 0 Å². The summed E-state index contributed by atoms with van der Waals surface area (Å²) in [4.78, 5) is 13.9. The van der Waals surface area contributed by atoms with Gasteiger partial charge < -0.3 is 10.2 Å². The van der Waals surface area contributed by atoms with E-state index in [4.69, 9.17) is 0 Å². The van der Waals surface area contributed by atoms with Crippen molar-refractivity contribution in [3.05, 3.63) is 29.8 Å². The summed E-state index contributed by atoms with van der Waals surface area (Å²) in [5.74, 6) is 0.0803. The van der Waals surface area contributed by atoms with E-state index >= 15 is 0 Å². The van der Waals surface area contributed by atoms with Gasteiger partial charge in [-0.05, 0) is 31.4 Å². The van der Waals surface area contributed by atoms with Crippen molar-refractivity contribution in [2.24, 2.45) is 0 Å². The Morgan fingerprint density at radius 3 is 2.94 bits per heavy atom. The molecule has 0 fully saturated rings. The number of rotatable bonds is 2. The fourth-order valence-corrected chi connectivity index (χ4v) is 2.32. The normalized spacial score (nSPS) is 16.5. The number of carbonyl (C=O) groups is 1. The average Bonchev–Trinajstić information content (AvgIpc) is 2.36. The van der Waals surface area contributed by atoms with Crippen LogP contribution in [-0.4, -0.2) is 25.5 Å². The third-order valence-electron chi connectivity index (χ3n) is 3.24. The molecule has 0 radical (unpaired) electrons. The van der Waals surface area contributed by atoms with Gasteiger partial charge in [-0.1, -0.05) is 18.2 Å². The van der Waals surface area contributed by atoms with Crippen LogP contribution in [-0.2, 0) is 11.2 Å². The summed E-state index contributed by atoms with van der Waals surface area (Å²) in [6.45, 7) is 2.92. The van der Waals surface area contributed by atoms with Crippen molar-refractivity contribution in [1.29, 1.82) is 0 Å². The van der Waals surface area contributed by atoms with Crippen molar-refractivity contribution in [2.75, 3.05) is 18.5 Å². The summed E-state index contributed by atoms with van der Waals surface area (Å²) in [6.07, 6.45) is 2.24. The van der Waals surface area contributed by atoms with Gasteiger partial charge in [0.05, 0.1) is 0 Å². The van der Waals surface area contributed by atoms with Gasteiger partial charge in [0.2, 0.25) is 5.91 Å². The molecule has 0 saturated carbocycles. The van der Waals surface area contributed by atoms with Crippen LogP contribution in [0, 0.1) is 0 Å². The topological polar surface area (TPSA) is 32.3 Å². The molecule has 0 aromatic heterocycles. The summed E-state index contributed by atoms with van der Waals surface area (Å²) in [6, 6.07) is 8.26. The number of carbonyl (C=O) groups excluding carboxylic acids is 1. The minimum atomic E-state index is -0.0913. The summed E-state index contributed by atoms with van der Waals surface area (Å²) in [5, 5.41) is 2.71. The number of fused-ring (bicyclic) bond motifs is 1. The zero-order valence-corrected chi connectivity index (χ0v) is 9.86. The second kappa shape index (κ2) is 4.56. The number of likely N-dealkylation sites (N-methyl/N-ethyl adjacent to an activating group) is 1. The molecule has 86 valence electrons. The number of hydrogen-bond acceptors (Lipinski definition) is 2. The van der Waals surface area contributed by atoms with E-state index in [2.05, 4.69) is 28.4 Å². The van der Waals surface area contributed by atoms with E-state index < -0.39 is 0 Å². The first-order chi connectivity index (χ1) is 7.74. The number of amides is 1. The Balaban J connectivity index is 2.28. The second-order valence-corrected chi connectivity index (χ2v) is 4.22. The zero-order chi connectivity index (χ0) is 11.5. The maximum atomic E-state index is 11.7. The Labute approximate surface area is 96.5 Å². The van der Waals surface area contributed by atoms with Gasteiger partial charge in [-0.15, -0.1) is 0 Å². The predicted octanol–water partition coefficient (Wildman–Crippen LogP) is 1.57. The minimum absolute atomic E-state index is 0.0803. The SMILES string of the molecule is CNC(=O)[C@H](C)N1CCCc2ccccc21. The molecule has 0 aliphatic carbocycles. The number of aryl methyl sites for hydroxylation is 1. The Kier molecular flexibility index (Phi) is 3.13. The van der Waals surface area contributed by atoms with E-state index in [9.17, 15) is 4.79 Å². The molecule has 16 heavy (non-hydrogen) atoms. The molecule has 1 heterocycles. The van der Waals surface area contributed by atoms with Gasteiger partial charge in [0.15, 0.2) is 0 Å². The van der Waals surface area contributed by atoms with Gasteiger partial charge >= 0.3 is 0 Å². The number of hydrogen-bond donors (Lipinski definition) is 1. The fraction of sp³-hybridized carbons (Fsp3) is 0.462. The minimum Gasteiger partial charge on any atom is -0.360 e. The quantitative estimate of drug-likeness (QED) is 0.817. The number of anilines is 1. The van der Waals surface area contributed by atoms with Crippen LogP contribution < -0.4 is 10.2 Å². The first-order valence-electron chi connectivity index (χ1n) is 5.80. The molecule has 1 N–H and O–H groups in total. The summed E-state index contributed by atoms with van der Waals surface area (Å²) in [7, 11) is 1.69. The molecule has 0 saturated heterocycles. The lowest BCUT2D eigenvalue weighted by Crippen LogP contribution is -2.46. The maximum Gasteiger partial charge on any atom is 0.242 e. The molecule has 3 heteroatoms. The molecule has 3 nitrogen and oxygen atoms in total. The van der Waals surface area contributed by atoms with Gasteiger partial charge in [0, 0.05) is 19.3 Å². The molecule has 0 bridgehead atoms. The highest BCUT2D eigenvalue weighted by molar-refractivity contribution is 5.85. The van der Waals surface area contributed by atoms with E-state index in [0.29, 0.717) is 0 Å². The molecular weight excluding hydrogens is 200 g/mol. The number of benzene rings is 1. The number of para-hydroxylation sites is 1. The van der Waals surface area contributed by atoms with Gasteiger partial charge in [0.1, 0.15) is 6.04 Å². The van der Waals surface area contributed by atoms with Gasteiger partial charge in [-0.3, -0.25) is 4.79 Å². The predicted molar refractivity (Wildman–Crippen MR) is 65.6 cm³/mol. The lowest BCUT2D eigenvalue weighted by atomic mass is 10.00. The molecule has 1 atom stereocenters. The third-order valence-corrected chi connectivity index (χ3v) is 3.24. The van der Waals surface area contributed by atoms with Crippen molar-refractivity contribution in [3.63, 3.8) is 0 Å². The number of nitrogens with zero attached hydrogens (tertiary/aromatic N) is 1. The second-order valence-electron chi connectivity index (χ2n) is 4.22. The summed E-state index contributed by atoms with van der Waals surface area (Å²) >= 11 is 0. The third kappa shape index (κ3) is 1.90. The molecule has 1 aromatic rings. The molecule has 1 aliphatic heterocycles. The van der Waals surface area contributed by atoms with Crippen LogP contribution in [0.5, 0.6) is 0 Å². The molecule has 0 unspecified atom stereocenters. The maximum absolute atomic E-state index is 11.7. The van der Waals surface area contributed by atoms with Crippen molar-refractivity contribution < 1.29 is 4.79 Å². The Hall–Kier alpha value is -1.51. The lowest BCUT2D eigenvalue weighted by molar-refractivity contribution is -0.121. The summed E-state index contributed by atoms with van der Waals surface area (Å²) < 4.78 is 0. The fourth-order valence-electron chi connectivity index (χ4n) is 2.32. The average molecular weight is 218 g/mol. The molecular formula is C13H18N2O. The van der Waals surface area contributed by atoms with Gasteiger partial charge in [0.25, 0.3) is 0 Å². The van der Waals surface area contributed by atoms with Crippen LogP contribution in [0.3, 0.4) is 0 Å². The Bertz CT molecular complexity index is 389. The van der Waals surface area contributed by atoms with E-state index in [0.717, 1.165) is 19.4 Å². The molecule has 2 rings (SSSR count). The van der Waals surface area contributed by atoms with Crippen LogP contribution in [0.15, 0.2) is 24.3 Å². The first-order valence-corrected chi connectivity index (χ1v) is 5.80. The van der Waals surface area contributed by atoms with Gasteiger partial charge in [-0.2, -0.15) is 0 Å². The Morgan fingerprint density at radius 2 is 2.19 bits per heavy atom.